The number of methoxy groups -OCH3 is 2. The molecule has 2 heterocycles. The predicted octanol–water partition coefficient (Wildman–Crippen LogP) is 4.84. The molecule has 11 heteroatoms. The van der Waals surface area contributed by atoms with Crippen LogP contribution in [0.25, 0.3) is 0 Å². The highest BCUT2D eigenvalue weighted by atomic mass is 35.5. The first-order valence-electron chi connectivity index (χ1n) is 14.3. The first-order valence-corrected chi connectivity index (χ1v) is 14.7. The van der Waals surface area contributed by atoms with Gasteiger partial charge in [-0.1, -0.05) is 30.2 Å². The Bertz CT molecular complexity index is 1580. The number of fused-ring (bicyclic) bond motifs is 4. The van der Waals surface area contributed by atoms with Crippen molar-refractivity contribution < 1.29 is 38.1 Å². The number of anilines is 1. The molecule has 2 aromatic carbocycles. The highest BCUT2D eigenvalue weighted by Crippen LogP contribution is 2.65. The summed E-state index contributed by atoms with van der Waals surface area (Å²) < 4.78 is 25.5. The van der Waals surface area contributed by atoms with E-state index in [1.165, 1.54) is 43.4 Å². The second kappa shape index (κ2) is 10.4. The number of nitrogens with zero attached hydrogens (tertiary/aromatic N) is 2. The van der Waals surface area contributed by atoms with Gasteiger partial charge in [-0.15, -0.1) is 0 Å². The number of ether oxygens (including phenoxy) is 2. The summed E-state index contributed by atoms with van der Waals surface area (Å²) in [7, 11) is 2.86. The van der Waals surface area contributed by atoms with Crippen molar-refractivity contribution in [3.05, 3.63) is 58.4 Å². The van der Waals surface area contributed by atoms with Crippen LogP contribution in [0.4, 0.5) is 10.1 Å². The fraction of sp³-hybridized carbons (Fsp3) is 0.438. The van der Waals surface area contributed by atoms with E-state index < -0.39 is 52.6 Å². The summed E-state index contributed by atoms with van der Waals surface area (Å²) in [5.41, 5.74) is -0.0511. The zero-order valence-corrected chi connectivity index (χ0v) is 25.0. The Labute approximate surface area is 253 Å². The van der Waals surface area contributed by atoms with Gasteiger partial charge in [-0.2, -0.15) is 0 Å². The molecule has 4 amide bonds. The molecule has 226 valence electrons. The van der Waals surface area contributed by atoms with Gasteiger partial charge in [-0.05, 0) is 50.3 Å². The first kappa shape index (κ1) is 29.2. The maximum atomic E-state index is 14.6. The fourth-order valence-electron chi connectivity index (χ4n) is 7.91. The van der Waals surface area contributed by atoms with Crippen molar-refractivity contribution in [2.45, 2.75) is 39.0 Å². The number of allylic oxidation sites excluding steroid dienone is 2. The summed E-state index contributed by atoms with van der Waals surface area (Å²) in [5, 5.41) is 10.2. The van der Waals surface area contributed by atoms with Gasteiger partial charge in [0.15, 0.2) is 0 Å². The molecule has 3 fully saturated rings. The Hall–Kier alpha value is -3.92. The van der Waals surface area contributed by atoms with Crippen LogP contribution in [0.3, 0.4) is 0 Å². The summed E-state index contributed by atoms with van der Waals surface area (Å²) in [6, 6.07) is 6.51. The van der Waals surface area contributed by atoms with E-state index >= 15 is 0 Å². The minimum Gasteiger partial charge on any atom is -0.508 e. The number of likely N-dealkylation sites (tertiary alicyclic amines) is 1. The molecule has 1 saturated carbocycles. The van der Waals surface area contributed by atoms with Crippen LogP contribution in [0.5, 0.6) is 17.2 Å². The van der Waals surface area contributed by atoms with Gasteiger partial charge in [0.05, 0.1) is 48.1 Å². The molecule has 1 N–H and O–H groups in total. The van der Waals surface area contributed by atoms with Crippen LogP contribution < -0.4 is 14.4 Å². The van der Waals surface area contributed by atoms with Gasteiger partial charge in [-0.3, -0.25) is 24.1 Å². The SMILES string of the molecule is CCCN1C(=O)[C@H]2[C@H](CC=C3[C@H]2C[C@H]2C(=O)N(c4ccc(F)c(Cl)c4)C(=O)[C@@]2(C)[C@H]3c2c(OC)cc(O)cc2OC)C1=O. The molecule has 0 bridgehead atoms. The van der Waals surface area contributed by atoms with E-state index in [1.54, 1.807) is 6.92 Å². The molecule has 9 nitrogen and oxygen atoms in total. The molecule has 0 radical (unpaired) electrons. The summed E-state index contributed by atoms with van der Waals surface area (Å²) in [6.45, 7) is 3.93. The van der Waals surface area contributed by atoms with Gasteiger partial charge in [0.2, 0.25) is 23.6 Å². The summed E-state index contributed by atoms with van der Waals surface area (Å²) in [5.74, 6) is -5.28. The van der Waals surface area contributed by atoms with Crippen molar-refractivity contribution in [3.8, 4) is 17.2 Å². The number of amides is 4. The number of carbonyl (C=O) groups excluding carboxylic acids is 4. The maximum absolute atomic E-state index is 14.6. The number of phenolic OH excluding ortho intramolecular Hbond substituents is 1. The average molecular weight is 611 g/mol. The van der Waals surface area contributed by atoms with Gasteiger partial charge >= 0.3 is 0 Å². The predicted molar refractivity (Wildman–Crippen MR) is 154 cm³/mol. The summed E-state index contributed by atoms with van der Waals surface area (Å²) in [4.78, 5) is 58.3. The van der Waals surface area contributed by atoms with Gasteiger partial charge in [0.25, 0.3) is 0 Å². The number of carbonyl (C=O) groups is 4. The van der Waals surface area contributed by atoms with Crippen LogP contribution in [0, 0.1) is 34.9 Å². The molecule has 0 unspecified atom stereocenters. The number of aromatic hydroxyl groups is 1. The minimum absolute atomic E-state index is 0.118. The van der Waals surface area contributed by atoms with Crippen LogP contribution >= 0.6 is 11.6 Å². The normalized spacial score (nSPS) is 29.8. The monoisotopic (exact) mass is 610 g/mol. The molecular weight excluding hydrogens is 579 g/mol. The van der Waals surface area contributed by atoms with Gasteiger partial charge < -0.3 is 14.6 Å². The molecular formula is C32H32ClFN2O7. The molecule has 6 atom stereocenters. The smallest absolute Gasteiger partial charge is 0.241 e. The highest BCUT2D eigenvalue weighted by Gasteiger charge is 2.68. The van der Waals surface area contributed by atoms with E-state index in [2.05, 4.69) is 0 Å². The minimum atomic E-state index is -1.39. The van der Waals surface area contributed by atoms with Crippen molar-refractivity contribution >= 4 is 40.9 Å². The van der Waals surface area contributed by atoms with E-state index in [1.807, 2.05) is 13.0 Å². The number of rotatable bonds is 6. The van der Waals surface area contributed by atoms with Crippen molar-refractivity contribution in [2.24, 2.45) is 29.1 Å². The molecule has 43 heavy (non-hydrogen) atoms. The maximum Gasteiger partial charge on any atom is 0.241 e. The van der Waals surface area contributed by atoms with Crippen LogP contribution in [0.1, 0.15) is 44.6 Å². The second-order valence-corrected chi connectivity index (χ2v) is 12.3. The molecule has 2 aliphatic heterocycles. The van der Waals surface area contributed by atoms with Crippen molar-refractivity contribution in [3.63, 3.8) is 0 Å². The number of hydrogen-bond acceptors (Lipinski definition) is 7. The number of imide groups is 2. The lowest BCUT2D eigenvalue weighted by Gasteiger charge is -2.49. The van der Waals surface area contributed by atoms with Crippen LogP contribution in [-0.4, -0.2) is 54.4 Å². The lowest BCUT2D eigenvalue weighted by molar-refractivity contribution is -0.140. The van der Waals surface area contributed by atoms with E-state index in [0.29, 0.717) is 24.9 Å². The summed E-state index contributed by atoms with van der Waals surface area (Å²) in [6.07, 6.45) is 3.02. The quantitative estimate of drug-likeness (QED) is 0.368. The number of halogens is 2. The van der Waals surface area contributed by atoms with Gasteiger partial charge in [0.1, 0.15) is 23.1 Å². The van der Waals surface area contributed by atoms with Crippen LogP contribution in [-0.2, 0) is 19.2 Å². The van der Waals surface area contributed by atoms with Gasteiger partial charge in [0, 0.05) is 30.2 Å². The van der Waals surface area contributed by atoms with E-state index in [0.717, 1.165) is 16.5 Å². The third-order valence-corrected chi connectivity index (χ3v) is 10.1. The summed E-state index contributed by atoms with van der Waals surface area (Å²) >= 11 is 6.06. The molecule has 0 spiro atoms. The lowest BCUT2D eigenvalue weighted by atomic mass is 9.51. The van der Waals surface area contributed by atoms with E-state index in [-0.39, 0.29) is 46.2 Å². The average Bonchev–Trinajstić information content (AvgIpc) is 3.34. The Morgan fingerprint density at radius 2 is 1.70 bits per heavy atom. The highest BCUT2D eigenvalue weighted by molar-refractivity contribution is 6.31. The topological polar surface area (TPSA) is 113 Å². The van der Waals surface area contributed by atoms with Crippen molar-refractivity contribution in [2.75, 3.05) is 25.7 Å². The third kappa shape index (κ3) is 4.02. The Morgan fingerprint density at radius 3 is 2.30 bits per heavy atom. The standard InChI is InChI=1S/C32H32ClFN2O7/c1-5-10-35-28(38)18-8-7-17-19(25(18)30(35)40)14-20-29(39)36(15-6-9-22(34)21(33)11-15)31(41)32(20,2)27(17)26-23(42-3)12-16(37)13-24(26)43-4/h6-7,9,11-13,18-20,25,27,37H,5,8,10,14H2,1-4H3/t18-,19+,20-,25-,27+,32+/m0/s1. The van der Waals surface area contributed by atoms with Crippen LogP contribution in [0.15, 0.2) is 42.0 Å². The van der Waals surface area contributed by atoms with E-state index in [4.69, 9.17) is 21.1 Å². The number of phenols is 1. The molecule has 2 saturated heterocycles. The Morgan fingerprint density at radius 1 is 1.02 bits per heavy atom. The molecule has 4 aliphatic rings. The first-order chi connectivity index (χ1) is 20.5. The zero-order chi connectivity index (χ0) is 31.0. The molecule has 6 rings (SSSR count). The third-order valence-electron chi connectivity index (χ3n) is 9.79. The van der Waals surface area contributed by atoms with Gasteiger partial charge in [-0.25, -0.2) is 9.29 Å². The van der Waals surface area contributed by atoms with Crippen molar-refractivity contribution in [1.82, 2.24) is 4.90 Å². The Balaban J connectivity index is 1.58. The molecule has 2 aromatic rings. The van der Waals surface area contributed by atoms with E-state index in [9.17, 15) is 28.7 Å². The second-order valence-electron chi connectivity index (χ2n) is 11.9. The molecule has 2 aliphatic carbocycles. The Kier molecular flexibility index (Phi) is 7.03. The number of hydrogen-bond donors (Lipinski definition) is 1. The lowest BCUT2D eigenvalue weighted by Crippen LogP contribution is -2.49. The fourth-order valence-corrected chi connectivity index (χ4v) is 8.09. The van der Waals surface area contributed by atoms with Crippen molar-refractivity contribution in [1.29, 1.82) is 0 Å². The number of benzene rings is 2. The zero-order valence-electron chi connectivity index (χ0n) is 24.2. The van der Waals surface area contributed by atoms with Crippen LogP contribution in [0.2, 0.25) is 5.02 Å². The molecule has 0 aromatic heterocycles. The largest absolute Gasteiger partial charge is 0.508 e.